The van der Waals surface area contributed by atoms with E-state index in [0.717, 1.165) is 62.5 Å². The first kappa shape index (κ1) is 25.4. The van der Waals surface area contributed by atoms with Crippen LogP contribution in [-0.2, 0) is 4.79 Å². The Hall–Kier alpha value is -3.26. The summed E-state index contributed by atoms with van der Waals surface area (Å²) in [6, 6.07) is 11.9. The van der Waals surface area contributed by atoms with Gasteiger partial charge in [-0.3, -0.25) is 4.79 Å². The maximum atomic E-state index is 14.6. The van der Waals surface area contributed by atoms with Crippen LogP contribution in [-0.4, -0.2) is 70.6 Å². The van der Waals surface area contributed by atoms with Crippen LogP contribution in [0.3, 0.4) is 0 Å². The number of carbonyl (C=O) groups is 2. The molecule has 2 heterocycles. The van der Waals surface area contributed by atoms with Gasteiger partial charge in [0, 0.05) is 30.6 Å². The Morgan fingerprint density at radius 1 is 1.05 bits per heavy atom. The molecule has 1 saturated carbocycles. The number of amides is 2. The molecule has 0 spiro atoms. The molecule has 2 aromatic rings. The zero-order valence-electron chi connectivity index (χ0n) is 21.0. The van der Waals surface area contributed by atoms with E-state index in [-0.39, 0.29) is 42.4 Å². The largest absolute Gasteiger partial charge is 0.465 e. The molecule has 8 heteroatoms. The summed E-state index contributed by atoms with van der Waals surface area (Å²) in [5, 5.41) is 10.2. The molecule has 2 fully saturated rings. The quantitative estimate of drug-likeness (QED) is 0.559. The number of hydrogen-bond acceptors (Lipinski definition) is 3. The number of benzene rings is 2. The van der Waals surface area contributed by atoms with Gasteiger partial charge in [-0.25, -0.2) is 13.6 Å². The Balaban J connectivity index is 1.41. The number of carboxylic acid groups (broad SMARTS) is 1. The topological polar surface area (TPSA) is 64.1 Å². The highest BCUT2D eigenvalue weighted by atomic mass is 19.1. The zero-order chi connectivity index (χ0) is 26.1. The average Bonchev–Trinajstić information content (AvgIpc) is 3.64. The third-order valence-electron chi connectivity index (χ3n) is 7.98. The van der Waals surface area contributed by atoms with Crippen molar-refractivity contribution in [2.45, 2.75) is 50.2 Å². The van der Waals surface area contributed by atoms with E-state index in [1.54, 1.807) is 9.80 Å². The van der Waals surface area contributed by atoms with Gasteiger partial charge in [0.25, 0.3) is 0 Å². The third kappa shape index (κ3) is 5.54. The number of likely N-dealkylation sites (tertiary alicyclic amines) is 1. The van der Waals surface area contributed by atoms with Crippen molar-refractivity contribution in [1.82, 2.24) is 14.7 Å². The summed E-state index contributed by atoms with van der Waals surface area (Å²) in [4.78, 5) is 31.7. The second kappa shape index (κ2) is 10.6. The highest BCUT2D eigenvalue weighted by Gasteiger charge is 2.44. The average molecular weight is 510 g/mol. The van der Waals surface area contributed by atoms with Gasteiger partial charge in [-0.05, 0) is 81.1 Å². The minimum atomic E-state index is -0.971. The van der Waals surface area contributed by atoms with Crippen LogP contribution < -0.4 is 0 Å². The first-order valence-corrected chi connectivity index (χ1v) is 13.0. The van der Waals surface area contributed by atoms with Crippen LogP contribution in [0.1, 0.15) is 49.3 Å². The van der Waals surface area contributed by atoms with Gasteiger partial charge < -0.3 is 19.8 Å². The van der Waals surface area contributed by atoms with Crippen molar-refractivity contribution in [1.29, 1.82) is 0 Å². The Bertz CT molecular complexity index is 1180. The van der Waals surface area contributed by atoms with Crippen molar-refractivity contribution in [2.75, 3.05) is 26.7 Å². The van der Waals surface area contributed by atoms with Gasteiger partial charge in [0.05, 0.1) is 6.04 Å². The summed E-state index contributed by atoms with van der Waals surface area (Å²) >= 11 is 0. The first-order chi connectivity index (χ1) is 17.8. The maximum Gasteiger partial charge on any atom is 0.407 e. The molecule has 196 valence electrons. The van der Waals surface area contributed by atoms with E-state index in [1.165, 1.54) is 0 Å². The molecule has 0 bridgehead atoms. The normalized spacial score (nSPS) is 21.5. The summed E-state index contributed by atoms with van der Waals surface area (Å²) < 4.78 is 28.6. The molecule has 2 atom stereocenters. The molecule has 0 radical (unpaired) electrons. The molecule has 1 aliphatic carbocycles. The lowest BCUT2D eigenvalue weighted by Gasteiger charge is -2.40. The number of carbonyl (C=O) groups excluding carboxylic acids is 1. The van der Waals surface area contributed by atoms with Crippen molar-refractivity contribution in [3.63, 3.8) is 0 Å². The van der Waals surface area contributed by atoms with Gasteiger partial charge in [-0.2, -0.15) is 0 Å². The summed E-state index contributed by atoms with van der Waals surface area (Å²) in [6.07, 6.45) is 4.26. The van der Waals surface area contributed by atoms with E-state index in [9.17, 15) is 23.5 Å². The zero-order valence-corrected chi connectivity index (χ0v) is 21.0. The molecule has 1 saturated heterocycles. The maximum absolute atomic E-state index is 14.6. The second-order valence-electron chi connectivity index (χ2n) is 10.5. The predicted molar refractivity (Wildman–Crippen MR) is 137 cm³/mol. The summed E-state index contributed by atoms with van der Waals surface area (Å²) in [5.41, 5.74) is 1.57. The molecule has 2 aromatic carbocycles. The molecule has 1 N–H and O–H groups in total. The predicted octanol–water partition coefficient (Wildman–Crippen LogP) is 5.17. The van der Waals surface area contributed by atoms with E-state index < -0.39 is 23.8 Å². The van der Waals surface area contributed by atoms with Crippen LogP contribution in [0, 0.1) is 17.6 Å². The Labute approximate surface area is 216 Å². The lowest BCUT2D eigenvalue weighted by atomic mass is 9.97. The first-order valence-electron chi connectivity index (χ1n) is 13.0. The molecular formula is C29H33F2N3O3. The summed E-state index contributed by atoms with van der Waals surface area (Å²) in [7, 11) is 2.03. The van der Waals surface area contributed by atoms with Gasteiger partial charge in [-0.15, -0.1) is 0 Å². The van der Waals surface area contributed by atoms with Gasteiger partial charge in [0.15, 0.2) is 0 Å². The van der Waals surface area contributed by atoms with E-state index in [1.807, 2.05) is 43.5 Å². The van der Waals surface area contributed by atoms with E-state index in [2.05, 4.69) is 4.90 Å². The monoisotopic (exact) mass is 509 g/mol. The Kier molecular flexibility index (Phi) is 7.29. The van der Waals surface area contributed by atoms with E-state index in [4.69, 9.17) is 0 Å². The SMILES string of the molecule is CN1CCC(N(C(=O)O)[C@@H](CC(=O)N2CC(c3cc(F)ccc3F)=C[C@H]2c2ccccc2)C2CC2)CC1. The fraction of sp³-hybridized carbons (Fsp3) is 0.448. The van der Waals surface area contributed by atoms with Crippen LogP contribution in [0.5, 0.6) is 0 Å². The molecular weight excluding hydrogens is 476 g/mol. The smallest absolute Gasteiger partial charge is 0.407 e. The number of hydrogen-bond donors (Lipinski definition) is 1. The van der Waals surface area contributed by atoms with E-state index in [0.29, 0.717) is 5.57 Å². The van der Waals surface area contributed by atoms with Crippen molar-refractivity contribution in [3.8, 4) is 0 Å². The lowest BCUT2D eigenvalue weighted by Crippen LogP contribution is -2.53. The van der Waals surface area contributed by atoms with Gasteiger partial charge in [0.1, 0.15) is 11.6 Å². The van der Waals surface area contributed by atoms with E-state index >= 15 is 0 Å². The summed E-state index contributed by atoms with van der Waals surface area (Å²) in [5.74, 6) is -1.08. The van der Waals surface area contributed by atoms with Crippen molar-refractivity contribution in [2.24, 2.45) is 5.92 Å². The van der Waals surface area contributed by atoms with Crippen LogP contribution in [0.2, 0.25) is 0 Å². The number of piperidine rings is 1. The highest BCUT2D eigenvalue weighted by Crippen LogP contribution is 2.41. The molecule has 37 heavy (non-hydrogen) atoms. The standard InChI is InChI=1S/C29H33F2N3O3/c1-32-13-11-23(12-14-32)34(29(36)37)27(20-7-8-20)17-28(35)33-18-21(24-16-22(30)9-10-25(24)31)15-26(33)19-5-3-2-4-6-19/h2-6,9-10,15-16,20,23,26-27H,7-8,11-14,17-18H2,1H3,(H,36,37)/t26-,27-/m0/s1. The van der Waals surface area contributed by atoms with Gasteiger partial charge in [0.2, 0.25) is 5.91 Å². The molecule has 0 aromatic heterocycles. The minimum absolute atomic E-state index is 0.0827. The van der Waals surface area contributed by atoms with Crippen LogP contribution in [0.25, 0.3) is 5.57 Å². The highest BCUT2D eigenvalue weighted by molar-refractivity contribution is 5.84. The fourth-order valence-corrected chi connectivity index (χ4v) is 5.81. The van der Waals surface area contributed by atoms with Crippen molar-refractivity contribution in [3.05, 3.63) is 77.4 Å². The fourth-order valence-electron chi connectivity index (χ4n) is 5.81. The molecule has 5 rings (SSSR count). The molecule has 0 unspecified atom stereocenters. The lowest BCUT2D eigenvalue weighted by molar-refractivity contribution is -0.133. The van der Waals surface area contributed by atoms with Crippen LogP contribution in [0.15, 0.2) is 54.6 Å². The Morgan fingerprint density at radius 2 is 1.76 bits per heavy atom. The molecule has 3 aliphatic rings. The number of rotatable bonds is 7. The molecule has 6 nitrogen and oxygen atoms in total. The van der Waals surface area contributed by atoms with Gasteiger partial charge >= 0.3 is 6.09 Å². The second-order valence-corrected chi connectivity index (χ2v) is 10.5. The van der Waals surface area contributed by atoms with Crippen molar-refractivity contribution >= 4 is 17.6 Å². The summed E-state index contributed by atoms with van der Waals surface area (Å²) in [6.45, 7) is 1.79. The third-order valence-corrected chi connectivity index (χ3v) is 7.98. The molecule has 2 aliphatic heterocycles. The number of halogens is 2. The number of nitrogens with zero attached hydrogens (tertiary/aromatic N) is 3. The van der Waals surface area contributed by atoms with Gasteiger partial charge in [-0.1, -0.05) is 36.4 Å². The van der Waals surface area contributed by atoms with Crippen LogP contribution >= 0.6 is 0 Å². The Morgan fingerprint density at radius 3 is 2.41 bits per heavy atom. The molecule has 2 amide bonds. The van der Waals surface area contributed by atoms with Crippen LogP contribution in [0.4, 0.5) is 13.6 Å². The minimum Gasteiger partial charge on any atom is -0.465 e. The van der Waals surface area contributed by atoms with Crippen molar-refractivity contribution < 1.29 is 23.5 Å².